The highest BCUT2D eigenvalue weighted by atomic mass is 16.5. The predicted molar refractivity (Wildman–Crippen MR) is 107 cm³/mol. The number of H-pyrrole nitrogens is 1. The molecule has 0 aromatic carbocycles. The molecule has 0 aliphatic heterocycles. The minimum absolute atomic E-state index is 0.000751. The van der Waals surface area contributed by atoms with Gasteiger partial charge in [0.1, 0.15) is 5.65 Å². The molecule has 1 N–H and O–H groups in total. The number of aryl methyl sites for hydroxylation is 2. The number of hydrogen-bond acceptors (Lipinski definition) is 4. The minimum Gasteiger partial charge on any atom is -0.481 e. The zero-order chi connectivity index (χ0) is 19.0. The summed E-state index contributed by atoms with van der Waals surface area (Å²) >= 11 is 0. The molecular weight excluding hydrogens is 338 g/mol. The Morgan fingerprint density at radius 1 is 1.07 bits per heavy atom. The van der Waals surface area contributed by atoms with Crippen molar-refractivity contribution in [3.63, 3.8) is 0 Å². The molecular formula is C22H25N3O2. The highest BCUT2D eigenvalue weighted by Crippen LogP contribution is 2.43. The van der Waals surface area contributed by atoms with Gasteiger partial charge in [-0.3, -0.25) is 4.79 Å². The molecule has 0 unspecified atom stereocenters. The van der Waals surface area contributed by atoms with E-state index in [0.29, 0.717) is 17.5 Å². The second kappa shape index (κ2) is 7.14. The van der Waals surface area contributed by atoms with Crippen LogP contribution < -0.4 is 10.3 Å². The van der Waals surface area contributed by atoms with Crippen molar-refractivity contribution in [3.05, 3.63) is 63.2 Å². The van der Waals surface area contributed by atoms with E-state index >= 15 is 0 Å². The van der Waals surface area contributed by atoms with Gasteiger partial charge in [-0.25, -0.2) is 9.97 Å². The molecule has 0 spiro atoms. The molecule has 3 heterocycles. The summed E-state index contributed by atoms with van der Waals surface area (Å²) in [5.74, 6) is 1.47. The molecule has 1 aliphatic carbocycles. The average molecular weight is 363 g/mol. The Morgan fingerprint density at radius 2 is 1.81 bits per heavy atom. The molecule has 0 amide bonds. The fraction of sp³-hybridized carbons (Fsp3) is 0.409. The maximum Gasteiger partial charge on any atom is 0.253 e. The largest absolute Gasteiger partial charge is 0.481 e. The van der Waals surface area contributed by atoms with Gasteiger partial charge in [-0.1, -0.05) is 0 Å². The van der Waals surface area contributed by atoms with Crippen LogP contribution in [0.1, 0.15) is 59.9 Å². The van der Waals surface area contributed by atoms with Gasteiger partial charge < -0.3 is 9.72 Å². The summed E-state index contributed by atoms with van der Waals surface area (Å²) in [6.45, 7) is 4.05. The molecule has 140 valence electrons. The zero-order valence-electron chi connectivity index (χ0n) is 16.1. The van der Waals surface area contributed by atoms with E-state index in [-0.39, 0.29) is 5.56 Å². The van der Waals surface area contributed by atoms with Gasteiger partial charge in [0.25, 0.3) is 5.56 Å². The lowest BCUT2D eigenvalue weighted by Crippen LogP contribution is -2.21. The van der Waals surface area contributed by atoms with Gasteiger partial charge in [0.15, 0.2) is 0 Å². The maximum absolute atomic E-state index is 12.6. The number of ether oxygens (including phenoxy) is 1. The maximum atomic E-state index is 12.6. The lowest BCUT2D eigenvalue weighted by atomic mass is 9.75. The van der Waals surface area contributed by atoms with E-state index in [4.69, 9.17) is 4.74 Å². The molecule has 1 saturated carbocycles. The van der Waals surface area contributed by atoms with Crippen LogP contribution in [-0.4, -0.2) is 22.1 Å². The molecule has 0 atom stereocenters. The van der Waals surface area contributed by atoms with Crippen molar-refractivity contribution in [2.24, 2.45) is 0 Å². The number of hydrogen-bond donors (Lipinski definition) is 1. The second-order valence-corrected chi connectivity index (χ2v) is 7.54. The molecule has 1 aliphatic rings. The molecule has 5 heteroatoms. The van der Waals surface area contributed by atoms with Crippen LogP contribution in [0, 0.1) is 13.8 Å². The van der Waals surface area contributed by atoms with Crippen molar-refractivity contribution in [1.82, 2.24) is 15.0 Å². The third-order valence-corrected chi connectivity index (χ3v) is 5.81. The van der Waals surface area contributed by atoms with E-state index in [0.717, 1.165) is 48.2 Å². The Kier molecular flexibility index (Phi) is 4.68. The molecule has 3 aromatic heterocycles. The summed E-state index contributed by atoms with van der Waals surface area (Å²) in [5, 5.41) is 1.00. The summed E-state index contributed by atoms with van der Waals surface area (Å²) in [6, 6.07) is 8.10. The molecule has 1 fully saturated rings. The molecule has 5 nitrogen and oxygen atoms in total. The Labute approximate surface area is 158 Å². The number of pyridine rings is 3. The smallest absolute Gasteiger partial charge is 0.253 e. The first-order chi connectivity index (χ1) is 13.1. The Morgan fingerprint density at radius 3 is 2.56 bits per heavy atom. The Balaban J connectivity index is 1.58. The molecule has 0 saturated heterocycles. The van der Waals surface area contributed by atoms with E-state index in [2.05, 4.69) is 21.9 Å². The van der Waals surface area contributed by atoms with Crippen LogP contribution >= 0.6 is 0 Å². The van der Waals surface area contributed by atoms with Crippen LogP contribution in [0.4, 0.5) is 0 Å². The summed E-state index contributed by atoms with van der Waals surface area (Å²) < 4.78 is 5.49. The average Bonchev–Trinajstić information content (AvgIpc) is 2.67. The lowest BCUT2D eigenvalue weighted by molar-refractivity contribution is 0.358. The van der Waals surface area contributed by atoms with Crippen LogP contribution in [0.2, 0.25) is 0 Å². The van der Waals surface area contributed by atoms with Crippen LogP contribution in [-0.2, 0) is 0 Å². The van der Waals surface area contributed by atoms with Gasteiger partial charge in [0.05, 0.1) is 7.11 Å². The van der Waals surface area contributed by atoms with E-state index in [9.17, 15) is 4.79 Å². The van der Waals surface area contributed by atoms with Crippen molar-refractivity contribution in [3.8, 4) is 5.88 Å². The number of fused-ring (bicyclic) bond motifs is 1. The van der Waals surface area contributed by atoms with Gasteiger partial charge in [-0.15, -0.1) is 0 Å². The van der Waals surface area contributed by atoms with Gasteiger partial charge >= 0.3 is 0 Å². The second-order valence-electron chi connectivity index (χ2n) is 7.54. The van der Waals surface area contributed by atoms with Crippen molar-refractivity contribution in [2.75, 3.05) is 7.11 Å². The first kappa shape index (κ1) is 17.7. The van der Waals surface area contributed by atoms with Crippen LogP contribution in [0.5, 0.6) is 5.88 Å². The number of aromatic amines is 1. The van der Waals surface area contributed by atoms with Crippen molar-refractivity contribution < 1.29 is 4.74 Å². The SMILES string of the molecule is COc1nccc(C)c1C1CCC(c2cc3ccc(C)nc3[nH]c2=O)CC1. The number of rotatable bonds is 3. The summed E-state index contributed by atoms with van der Waals surface area (Å²) in [7, 11) is 1.68. The van der Waals surface area contributed by atoms with Crippen LogP contribution in [0.15, 0.2) is 35.3 Å². The first-order valence-corrected chi connectivity index (χ1v) is 9.57. The topological polar surface area (TPSA) is 67.9 Å². The van der Waals surface area contributed by atoms with Crippen LogP contribution in [0.25, 0.3) is 11.0 Å². The summed E-state index contributed by atoms with van der Waals surface area (Å²) in [4.78, 5) is 24.4. The van der Waals surface area contributed by atoms with E-state index < -0.39 is 0 Å². The monoisotopic (exact) mass is 363 g/mol. The number of nitrogens with one attached hydrogen (secondary N) is 1. The predicted octanol–water partition coefficient (Wildman–Crippen LogP) is 4.38. The lowest BCUT2D eigenvalue weighted by Gasteiger charge is -2.30. The molecule has 0 bridgehead atoms. The number of methoxy groups -OCH3 is 1. The fourth-order valence-corrected chi connectivity index (χ4v) is 4.40. The first-order valence-electron chi connectivity index (χ1n) is 9.57. The Bertz CT molecular complexity index is 1030. The standard InChI is InChI=1S/C22H25N3O2/c1-13-10-11-23-22(27-3)19(13)16-8-6-15(7-9-16)18-12-17-5-4-14(2)24-20(17)25-21(18)26/h4-5,10-12,15-16H,6-9H2,1-3H3,(H,24,25,26). The molecule has 0 radical (unpaired) electrons. The van der Waals surface area contributed by atoms with Gasteiger partial charge in [0, 0.05) is 28.4 Å². The highest BCUT2D eigenvalue weighted by Gasteiger charge is 2.28. The van der Waals surface area contributed by atoms with E-state index in [1.54, 1.807) is 13.3 Å². The number of aromatic nitrogens is 3. The van der Waals surface area contributed by atoms with Crippen LogP contribution in [0.3, 0.4) is 0 Å². The molecule has 4 rings (SSSR count). The summed E-state index contributed by atoms with van der Waals surface area (Å²) in [5.41, 5.74) is 4.93. The highest BCUT2D eigenvalue weighted by molar-refractivity contribution is 5.75. The number of nitrogens with zero attached hydrogens (tertiary/aromatic N) is 2. The normalized spacial score (nSPS) is 20.0. The van der Waals surface area contributed by atoms with Crippen molar-refractivity contribution >= 4 is 11.0 Å². The third-order valence-electron chi connectivity index (χ3n) is 5.81. The quantitative estimate of drug-likeness (QED) is 0.749. The molecule has 3 aromatic rings. The zero-order valence-corrected chi connectivity index (χ0v) is 16.1. The van der Waals surface area contributed by atoms with Gasteiger partial charge in [-0.2, -0.15) is 0 Å². The van der Waals surface area contributed by atoms with Crippen molar-refractivity contribution in [2.45, 2.75) is 51.4 Å². The third kappa shape index (κ3) is 3.34. The fourth-order valence-electron chi connectivity index (χ4n) is 4.40. The Hall–Kier alpha value is -2.69. The van der Waals surface area contributed by atoms with Gasteiger partial charge in [-0.05, 0) is 81.2 Å². The van der Waals surface area contributed by atoms with E-state index in [1.165, 1.54) is 11.1 Å². The molecule has 27 heavy (non-hydrogen) atoms. The summed E-state index contributed by atoms with van der Waals surface area (Å²) in [6.07, 6.45) is 5.87. The minimum atomic E-state index is -0.000751. The van der Waals surface area contributed by atoms with Crippen molar-refractivity contribution in [1.29, 1.82) is 0 Å². The van der Waals surface area contributed by atoms with Gasteiger partial charge in [0.2, 0.25) is 5.88 Å². The van der Waals surface area contributed by atoms with E-state index in [1.807, 2.05) is 31.2 Å².